The molecule has 2 aromatic rings. The van der Waals surface area contributed by atoms with Crippen LogP contribution in [0.25, 0.3) is 0 Å². The molecule has 0 radical (unpaired) electrons. The molecule has 2 aromatic carbocycles. The van der Waals surface area contributed by atoms with Gasteiger partial charge in [-0.2, -0.15) is 0 Å². The van der Waals surface area contributed by atoms with Gasteiger partial charge < -0.3 is 9.64 Å². The predicted molar refractivity (Wildman–Crippen MR) is 94.5 cm³/mol. The normalized spacial score (nSPS) is 10.2. The van der Waals surface area contributed by atoms with Crippen LogP contribution in [-0.2, 0) is 9.53 Å². The van der Waals surface area contributed by atoms with Gasteiger partial charge in [0.1, 0.15) is 0 Å². The molecule has 130 valence electrons. The number of benzene rings is 2. The van der Waals surface area contributed by atoms with Crippen LogP contribution >= 0.6 is 0 Å². The first-order chi connectivity index (χ1) is 12.0. The van der Waals surface area contributed by atoms with Gasteiger partial charge in [0.15, 0.2) is 5.78 Å². The van der Waals surface area contributed by atoms with Gasteiger partial charge in [0.2, 0.25) is 0 Å². The number of hydrogen-bond acceptors (Lipinski definition) is 4. The summed E-state index contributed by atoms with van der Waals surface area (Å²) in [7, 11) is 2.99. The molecule has 0 aliphatic carbocycles. The highest BCUT2D eigenvalue weighted by atomic mass is 16.5. The SMILES string of the molecule is COC(=O)CCCN(C)C(=O)c1ccccc1C(=O)c1ccccc1. The van der Waals surface area contributed by atoms with Gasteiger partial charge in [-0.05, 0) is 12.5 Å². The molecular weight excluding hydrogens is 318 g/mol. The minimum Gasteiger partial charge on any atom is -0.469 e. The zero-order valence-electron chi connectivity index (χ0n) is 14.4. The van der Waals surface area contributed by atoms with Gasteiger partial charge in [-0.15, -0.1) is 0 Å². The van der Waals surface area contributed by atoms with Crippen LogP contribution < -0.4 is 0 Å². The summed E-state index contributed by atoms with van der Waals surface area (Å²) in [6.45, 7) is 0.405. The third kappa shape index (κ3) is 4.76. The Hall–Kier alpha value is -2.95. The molecule has 0 aromatic heterocycles. The van der Waals surface area contributed by atoms with Gasteiger partial charge in [0, 0.05) is 31.1 Å². The highest BCUT2D eigenvalue weighted by Gasteiger charge is 2.20. The lowest BCUT2D eigenvalue weighted by molar-refractivity contribution is -0.140. The van der Waals surface area contributed by atoms with Crippen molar-refractivity contribution >= 4 is 17.7 Å². The van der Waals surface area contributed by atoms with Crippen molar-refractivity contribution in [2.45, 2.75) is 12.8 Å². The molecule has 0 N–H and O–H groups in total. The Balaban J connectivity index is 2.15. The number of ketones is 1. The second-order valence-corrected chi connectivity index (χ2v) is 5.65. The number of ether oxygens (including phenoxy) is 1. The number of esters is 1. The monoisotopic (exact) mass is 339 g/mol. The summed E-state index contributed by atoms with van der Waals surface area (Å²) in [5.41, 5.74) is 1.27. The van der Waals surface area contributed by atoms with Crippen LogP contribution in [0.2, 0.25) is 0 Å². The second kappa shape index (κ2) is 8.78. The van der Waals surface area contributed by atoms with Crippen LogP contribution in [0.1, 0.15) is 39.1 Å². The van der Waals surface area contributed by atoms with Crippen LogP contribution in [0, 0.1) is 0 Å². The molecular formula is C20H21NO4. The Morgan fingerprint density at radius 3 is 2.16 bits per heavy atom. The fraction of sp³-hybridized carbons (Fsp3) is 0.250. The number of hydrogen-bond donors (Lipinski definition) is 0. The van der Waals surface area contributed by atoms with E-state index >= 15 is 0 Å². The lowest BCUT2D eigenvalue weighted by Gasteiger charge is -2.18. The quantitative estimate of drug-likeness (QED) is 0.575. The molecule has 1 amide bonds. The van der Waals surface area contributed by atoms with Crippen LogP contribution in [-0.4, -0.2) is 43.3 Å². The van der Waals surface area contributed by atoms with Gasteiger partial charge in [-0.1, -0.05) is 48.5 Å². The van der Waals surface area contributed by atoms with Gasteiger partial charge in [0.25, 0.3) is 5.91 Å². The minimum atomic E-state index is -0.305. The van der Waals surface area contributed by atoms with Crippen molar-refractivity contribution in [2.24, 2.45) is 0 Å². The van der Waals surface area contributed by atoms with E-state index in [0.29, 0.717) is 29.7 Å². The molecule has 0 aliphatic heterocycles. The van der Waals surface area contributed by atoms with E-state index in [1.165, 1.54) is 12.0 Å². The topological polar surface area (TPSA) is 63.7 Å². The Kier molecular flexibility index (Phi) is 6.46. The van der Waals surface area contributed by atoms with Crippen LogP contribution in [0.4, 0.5) is 0 Å². The minimum absolute atomic E-state index is 0.187. The fourth-order valence-electron chi connectivity index (χ4n) is 2.48. The number of nitrogens with zero attached hydrogens (tertiary/aromatic N) is 1. The number of amides is 1. The van der Waals surface area contributed by atoms with E-state index in [4.69, 9.17) is 0 Å². The van der Waals surface area contributed by atoms with E-state index in [0.717, 1.165) is 0 Å². The van der Waals surface area contributed by atoms with E-state index in [9.17, 15) is 14.4 Å². The summed E-state index contributed by atoms with van der Waals surface area (Å²) in [6.07, 6.45) is 0.752. The summed E-state index contributed by atoms with van der Waals surface area (Å²) in [4.78, 5) is 38.1. The largest absolute Gasteiger partial charge is 0.469 e. The van der Waals surface area contributed by atoms with Crippen molar-refractivity contribution in [3.8, 4) is 0 Å². The van der Waals surface area contributed by atoms with Crippen molar-refractivity contribution < 1.29 is 19.1 Å². The zero-order valence-corrected chi connectivity index (χ0v) is 14.4. The van der Waals surface area contributed by atoms with E-state index in [1.54, 1.807) is 55.6 Å². The van der Waals surface area contributed by atoms with E-state index < -0.39 is 0 Å². The molecule has 0 bridgehead atoms. The maximum Gasteiger partial charge on any atom is 0.305 e. The number of carbonyl (C=O) groups is 3. The summed E-state index contributed by atoms with van der Waals surface area (Å²) in [5, 5.41) is 0. The van der Waals surface area contributed by atoms with E-state index in [2.05, 4.69) is 4.74 Å². The van der Waals surface area contributed by atoms with Gasteiger partial charge in [0.05, 0.1) is 12.7 Å². The van der Waals surface area contributed by atoms with Crippen LogP contribution in [0.3, 0.4) is 0 Å². The number of methoxy groups -OCH3 is 1. The smallest absolute Gasteiger partial charge is 0.305 e. The molecule has 5 nitrogen and oxygen atoms in total. The average molecular weight is 339 g/mol. The van der Waals surface area contributed by atoms with Crippen molar-refractivity contribution in [1.82, 2.24) is 4.90 Å². The summed E-state index contributed by atoms with van der Waals surface area (Å²) in [6, 6.07) is 15.6. The van der Waals surface area contributed by atoms with E-state index in [1.807, 2.05) is 6.07 Å². The van der Waals surface area contributed by atoms with Crippen molar-refractivity contribution in [3.05, 3.63) is 71.3 Å². The molecule has 0 spiro atoms. The summed E-state index contributed by atoms with van der Waals surface area (Å²) < 4.78 is 4.59. The third-order valence-electron chi connectivity index (χ3n) is 3.89. The maximum absolute atomic E-state index is 12.7. The first kappa shape index (κ1) is 18.4. The Morgan fingerprint density at radius 2 is 1.52 bits per heavy atom. The van der Waals surface area contributed by atoms with Gasteiger partial charge in [-0.3, -0.25) is 14.4 Å². The zero-order chi connectivity index (χ0) is 18.2. The molecule has 25 heavy (non-hydrogen) atoms. The lowest BCUT2D eigenvalue weighted by Crippen LogP contribution is -2.29. The standard InChI is InChI=1S/C20H21NO4/c1-21(14-8-13-18(22)25-2)20(24)17-12-7-6-11-16(17)19(23)15-9-4-3-5-10-15/h3-7,9-12H,8,13-14H2,1-2H3. The highest BCUT2D eigenvalue weighted by Crippen LogP contribution is 2.16. The van der Waals surface area contributed by atoms with Gasteiger partial charge >= 0.3 is 5.97 Å². The first-order valence-corrected chi connectivity index (χ1v) is 8.05. The maximum atomic E-state index is 12.7. The Morgan fingerprint density at radius 1 is 0.920 bits per heavy atom. The van der Waals surface area contributed by atoms with Crippen LogP contribution in [0.15, 0.2) is 54.6 Å². The number of rotatable bonds is 7. The Labute approximate surface area is 147 Å². The molecule has 0 fully saturated rings. The van der Waals surface area contributed by atoms with Crippen LogP contribution in [0.5, 0.6) is 0 Å². The molecule has 0 saturated heterocycles. The summed E-state index contributed by atoms with van der Waals surface area (Å²) >= 11 is 0. The predicted octanol–water partition coefficient (Wildman–Crippen LogP) is 2.94. The fourth-order valence-corrected chi connectivity index (χ4v) is 2.48. The average Bonchev–Trinajstić information content (AvgIpc) is 2.67. The molecule has 5 heteroatoms. The first-order valence-electron chi connectivity index (χ1n) is 8.05. The third-order valence-corrected chi connectivity index (χ3v) is 3.89. The van der Waals surface area contributed by atoms with Crippen molar-refractivity contribution in [2.75, 3.05) is 20.7 Å². The van der Waals surface area contributed by atoms with Crippen molar-refractivity contribution in [3.63, 3.8) is 0 Å². The highest BCUT2D eigenvalue weighted by molar-refractivity contribution is 6.15. The van der Waals surface area contributed by atoms with Crippen molar-refractivity contribution in [1.29, 1.82) is 0 Å². The lowest BCUT2D eigenvalue weighted by atomic mass is 9.97. The molecule has 0 aliphatic rings. The second-order valence-electron chi connectivity index (χ2n) is 5.65. The molecule has 0 saturated carbocycles. The molecule has 0 heterocycles. The van der Waals surface area contributed by atoms with Gasteiger partial charge in [-0.25, -0.2) is 0 Å². The summed E-state index contributed by atoms with van der Waals surface area (Å²) in [5.74, 6) is -0.738. The molecule has 0 unspecified atom stereocenters. The molecule has 2 rings (SSSR count). The number of carbonyl (C=O) groups excluding carboxylic acids is 3. The Bertz CT molecular complexity index is 755. The molecule has 0 atom stereocenters. The van der Waals surface area contributed by atoms with E-state index in [-0.39, 0.29) is 24.1 Å².